The fourth-order valence-corrected chi connectivity index (χ4v) is 1.68. The molecule has 0 aliphatic carbocycles. The molecule has 19 heavy (non-hydrogen) atoms. The summed E-state index contributed by atoms with van der Waals surface area (Å²) in [7, 11) is 0. The lowest BCUT2D eigenvalue weighted by atomic mass is 10.0. The number of rotatable bonds is 5. The van der Waals surface area contributed by atoms with Gasteiger partial charge in [0.1, 0.15) is 11.9 Å². The van der Waals surface area contributed by atoms with Crippen LogP contribution >= 0.6 is 0 Å². The molecular formula is C12H15FN2O4. The van der Waals surface area contributed by atoms with Crippen molar-refractivity contribution < 1.29 is 23.5 Å². The van der Waals surface area contributed by atoms with Crippen LogP contribution in [-0.4, -0.2) is 18.3 Å². The SMILES string of the molecule is CCC(OC(N)=O)C(OC(N)=O)c1ccccc1F. The van der Waals surface area contributed by atoms with Crippen LogP contribution in [0.5, 0.6) is 0 Å². The summed E-state index contributed by atoms with van der Waals surface area (Å²) in [5.74, 6) is -0.597. The lowest BCUT2D eigenvalue weighted by Gasteiger charge is -2.25. The van der Waals surface area contributed by atoms with Crippen LogP contribution in [0.4, 0.5) is 14.0 Å². The predicted octanol–water partition coefficient (Wildman–Crippen LogP) is 1.84. The first-order valence-electron chi connectivity index (χ1n) is 5.62. The van der Waals surface area contributed by atoms with Crippen molar-refractivity contribution in [3.8, 4) is 0 Å². The molecule has 1 aromatic rings. The van der Waals surface area contributed by atoms with Gasteiger partial charge in [-0.2, -0.15) is 0 Å². The minimum Gasteiger partial charge on any atom is -0.442 e. The maximum atomic E-state index is 13.7. The third-order valence-electron chi connectivity index (χ3n) is 2.46. The molecule has 4 N–H and O–H groups in total. The Morgan fingerprint density at radius 2 is 1.79 bits per heavy atom. The molecule has 0 aliphatic heterocycles. The third kappa shape index (κ3) is 4.13. The van der Waals surface area contributed by atoms with E-state index in [2.05, 4.69) is 0 Å². The zero-order valence-corrected chi connectivity index (χ0v) is 10.3. The third-order valence-corrected chi connectivity index (χ3v) is 2.46. The average Bonchev–Trinajstić information content (AvgIpc) is 2.34. The van der Waals surface area contributed by atoms with Crippen LogP contribution in [0.3, 0.4) is 0 Å². The summed E-state index contributed by atoms with van der Waals surface area (Å²) in [6.07, 6.45) is -3.92. The molecule has 2 unspecified atom stereocenters. The van der Waals surface area contributed by atoms with Crippen LogP contribution in [0.15, 0.2) is 24.3 Å². The van der Waals surface area contributed by atoms with Crippen molar-refractivity contribution in [2.75, 3.05) is 0 Å². The Hall–Kier alpha value is -2.31. The Morgan fingerprint density at radius 1 is 1.21 bits per heavy atom. The molecule has 2 atom stereocenters. The maximum absolute atomic E-state index is 13.7. The lowest BCUT2D eigenvalue weighted by molar-refractivity contribution is -0.00806. The molecule has 104 valence electrons. The van der Waals surface area contributed by atoms with Gasteiger partial charge in [0.25, 0.3) is 0 Å². The highest BCUT2D eigenvalue weighted by Gasteiger charge is 2.30. The molecule has 0 bridgehead atoms. The van der Waals surface area contributed by atoms with E-state index in [4.69, 9.17) is 20.9 Å². The first kappa shape index (κ1) is 14.7. The van der Waals surface area contributed by atoms with Gasteiger partial charge in [-0.15, -0.1) is 0 Å². The lowest BCUT2D eigenvalue weighted by Crippen LogP contribution is -2.32. The second-order valence-corrected chi connectivity index (χ2v) is 3.76. The summed E-state index contributed by atoms with van der Waals surface area (Å²) < 4.78 is 23.4. The average molecular weight is 270 g/mol. The van der Waals surface area contributed by atoms with Crippen molar-refractivity contribution in [2.45, 2.75) is 25.6 Å². The molecule has 2 amide bonds. The molecule has 0 aliphatic rings. The Bertz CT molecular complexity index is 467. The van der Waals surface area contributed by atoms with E-state index >= 15 is 0 Å². The minimum absolute atomic E-state index is 0.0643. The Balaban J connectivity index is 3.09. The number of hydrogen-bond acceptors (Lipinski definition) is 4. The number of ether oxygens (including phenoxy) is 2. The highest BCUT2D eigenvalue weighted by molar-refractivity contribution is 5.66. The number of carbonyl (C=O) groups is 2. The number of primary amides is 2. The molecule has 0 fully saturated rings. The van der Waals surface area contributed by atoms with Crippen LogP contribution in [0, 0.1) is 5.82 Å². The van der Waals surface area contributed by atoms with Gasteiger partial charge in [0.05, 0.1) is 0 Å². The maximum Gasteiger partial charge on any atom is 0.405 e. The molecule has 0 saturated heterocycles. The predicted molar refractivity (Wildman–Crippen MR) is 64.6 cm³/mol. The van der Waals surface area contributed by atoms with Crippen molar-refractivity contribution >= 4 is 12.2 Å². The monoisotopic (exact) mass is 270 g/mol. The molecule has 6 nitrogen and oxygen atoms in total. The van der Waals surface area contributed by atoms with Crippen LogP contribution < -0.4 is 11.5 Å². The number of benzene rings is 1. The van der Waals surface area contributed by atoms with Gasteiger partial charge >= 0.3 is 12.2 Å². The van der Waals surface area contributed by atoms with Crippen LogP contribution in [-0.2, 0) is 9.47 Å². The van der Waals surface area contributed by atoms with Crippen LogP contribution in [0.1, 0.15) is 25.0 Å². The number of halogens is 1. The van der Waals surface area contributed by atoms with Gasteiger partial charge in [0.15, 0.2) is 6.10 Å². The number of nitrogens with two attached hydrogens (primary N) is 2. The van der Waals surface area contributed by atoms with Gasteiger partial charge in [0, 0.05) is 5.56 Å². The molecule has 0 radical (unpaired) electrons. The Kier molecular flexibility index (Phi) is 5.11. The van der Waals surface area contributed by atoms with Gasteiger partial charge in [-0.25, -0.2) is 14.0 Å². The Morgan fingerprint density at radius 3 is 2.26 bits per heavy atom. The topological polar surface area (TPSA) is 105 Å². The van der Waals surface area contributed by atoms with Gasteiger partial charge < -0.3 is 20.9 Å². The molecular weight excluding hydrogens is 255 g/mol. The van der Waals surface area contributed by atoms with Gasteiger partial charge in [-0.3, -0.25) is 0 Å². The summed E-state index contributed by atoms with van der Waals surface area (Å²) in [5.41, 5.74) is 9.94. The van der Waals surface area contributed by atoms with Gasteiger partial charge in [0.2, 0.25) is 0 Å². The smallest absolute Gasteiger partial charge is 0.405 e. The van der Waals surface area contributed by atoms with E-state index in [0.29, 0.717) is 0 Å². The molecule has 0 spiro atoms. The summed E-state index contributed by atoms with van der Waals surface area (Å²) in [5, 5.41) is 0. The zero-order chi connectivity index (χ0) is 14.4. The van der Waals surface area contributed by atoms with E-state index in [1.807, 2.05) is 0 Å². The number of carbonyl (C=O) groups excluding carboxylic acids is 2. The van der Waals surface area contributed by atoms with Crippen LogP contribution in [0.2, 0.25) is 0 Å². The standard InChI is InChI=1S/C12H15FN2O4/c1-2-9(18-11(14)16)10(19-12(15)17)7-5-3-4-6-8(7)13/h3-6,9-10H,2H2,1H3,(H2,14,16)(H2,15,17). The van der Waals surface area contributed by atoms with E-state index in [-0.39, 0.29) is 12.0 Å². The second-order valence-electron chi connectivity index (χ2n) is 3.76. The van der Waals surface area contributed by atoms with Gasteiger partial charge in [-0.05, 0) is 12.5 Å². The summed E-state index contributed by atoms with van der Waals surface area (Å²) >= 11 is 0. The van der Waals surface area contributed by atoms with E-state index in [9.17, 15) is 14.0 Å². The van der Waals surface area contributed by atoms with Crippen molar-refractivity contribution in [1.82, 2.24) is 0 Å². The largest absolute Gasteiger partial charge is 0.442 e. The molecule has 0 aromatic heterocycles. The zero-order valence-electron chi connectivity index (χ0n) is 10.3. The summed E-state index contributed by atoms with van der Waals surface area (Å²) in [4.78, 5) is 21.7. The number of hydrogen-bond donors (Lipinski definition) is 2. The van der Waals surface area contributed by atoms with E-state index < -0.39 is 30.2 Å². The first-order chi connectivity index (χ1) is 8.95. The highest BCUT2D eigenvalue weighted by atomic mass is 19.1. The molecule has 0 saturated carbocycles. The number of amides is 2. The van der Waals surface area contributed by atoms with E-state index in [1.165, 1.54) is 18.2 Å². The van der Waals surface area contributed by atoms with Crippen molar-refractivity contribution in [3.05, 3.63) is 35.6 Å². The van der Waals surface area contributed by atoms with Crippen LogP contribution in [0.25, 0.3) is 0 Å². The molecule has 1 rings (SSSR count). The van der Waals surface area contributed by atoms with E-state index in [1.54, 1.807) is 13.0 Å². The fraction of sp³-hybridized carbons (Fsp3) is 0.333. The van der Waals surface area contributed by atoms with Crippen molar-refractivity contribution in [2.24, 2.45) is 11.5 Å². The first-order valence-corrected chi connectivity index (χ1v) is 5.62. The molecule has 7 heteroatoms. The van der Waals surface area contributed by atoms with Gasteiger partial charge in [-0.1, -0.05) is 25.1 Å². The van der Waals surface area contributed by atoms with Crippen molar-refractivity contribution in [1.29, 1.82) is 0 Å². The van der Waals surface area contributed by atoms with Crippen molar-refractivity contribution in [3.63, 3.8) is 0 Å². The normalized spacial score (nSPS) is 13.4. The second kappa shape index (κ2) is 6.58. The van der Waals surface area contributed by atoms with E-state index in [0.717, 1.165) is 0 Å². The summed E-state index contributed by atoms with van der Waals surface area (Å²) in [6, 6.07) is 5.66. The summed E-state index contributed by atoms with van der Waals surface area (Å²) in [6.45, 7) is 1.67. The quantitative estimate of drug-likeness (QED) is 0.851. The fourth-order valence-electron chi connectivity index (χ4n) is 1.68. The Labute approximate surface area is 109 Å². The minimum atomic E-state index is -1.14. The molecule has 0 heterocycles. The molecule has 1 aromatic carbocycles. The highest BCUT2D eigenvalue weighted by Crippen LogP contribution is 2.27.